The van der Waals surface area contributed by atoms with E-state index in [1.54, 1.807) is 12.1 Å². The number of carbonyl (C=O) groups is 1. The maximum absolute atomic E-state index is 13.8. The van der Waals surface area contributed by atoms with Gasteiger partial charge in [0.05, 0.1) is 12.2 Å². The van der Waals surface area contributed by atoms with Gasteiger partial charge in [-0.1, -0.05) is 6.07 Å². The van der Waals surface area contributed by atoms with Crippen molar-refractivity contribution in [1.29, 1.82) is 0 Å². The molecule has 1 aromatic rings. The molecular formula is C14H17FN2O2. The van der Waals surface area contributed by atoms with Crippen LogP contribution >= 0.6 is 0 Å². The molecule has 102 valence electrons. The summed E-state index contributed by atoms with van der Waals surface area (Å²) >= 11 is 0. The van der Waals surface area contributed by atoms with Gasteiger partial charge in [-0.25, -0.2) is 4.39 Å². The number of amides is 1. The molecule has 1 aromatic carbocycles. The standard InChI is InChI=1S/C14H17FN2O2/c15-11-5-8(14(16)18)1-2-9(11)7-17-12-6-10-3-4-13(12)19-10/h1-2,5,10,12-13,17H,3-4,6-7H2,(H2,16,18). The second-order valence-electron chi connectivity index (χ2n) is 5.27. The van der Waals surface area contributed by atoms with Crippen molar-refractivity contribution in [1.82, 2.24) is 5.32 Å². The Morgan fingerprint density at radius 3 is 2.89 bits per heavy atom. The van der Waals surface area contributed by atoms with Gasteiger partial charge in [-0.2, -0.15) is 0 Å². The predicted octanol–water partition coefficient (Wildman–Crippen LogP) is 1.33. The average molecular weight is 264 g/mol. The lowest BCUT2D eigenvalue weighted by Gasteiger charge is -2.20. The lowest BCUT2D eigenvalue weighted by molar-refractivity contribution is 0.0972. The number of hydrogen-bond donors (Lipinski definition) is 2. The van der Waals surface area contributed by atoms with Gasteiger partial charge in [0.1, 0.15) is 5.82 Å². The van der Waals surface area contributed by atoms with Crippen LogP contribution in [-0.2, 0) is 11.3 Å². The third kappa shape index (κ3) is 2.48. The van der Waals surface area contributed by atoms with E-state index < -0.39 is 11.7 Å². The summed E-state index contributed by atoms with van der Waals surface area (Å²) in [6, 6.07) is 4.67. The summed E-state index contributed by atoms with van der Waals surface area (Å²) in [5.74, 6) is -1.01. The van der Waals surface area contributed by atoms with Crippen LogP contribution in [0, 0.1) is 5.82 Å². The van der Waals surface area contributed by atoms with Crippen molar-refractivity contribution in [2.45, 2.75) is 44.1 Å². The topological polar surface area (TPSA) is 64.4 Å². The Kier molecular flexibility index (Phi) is 3.24. The van der Waals surface area contributed by atoms with Crippen LogP contribution in [0.2, 0.25) is 0 Å². The third-order valence-electron chi connectivity index (χ3n) is 4.00. The number of rotatable bonds is 4. The van der Waals surface area contributed by atoms with Crippen LogP contribution in [-0.4, -0.2) is 24.2 Å². The van der Waals surface area contributed by atoms with Crippen LogP contribution in [0.5, 0.6) is 0 Å². The molecule has 4 nitrogen and oxygen atoms in total. The minimum absolute atomic E-state index is 0.199. The predicted molar refractivity (Wildman–Crippen MR) is 68.1 cm³/mol. The van der Waals surface area contributed by atoms with E-state index in [0.717, 1.165) is 19.3 Å². The number of fused-ring (bicyclic) bond motifs is 2. The lowest BCUT2D eigenvalue weighted by atomic mass is 9.95. The van der Waals surface area contributed by atoms with E-state index in [4.69, 9.17) is 10.5 Å². The molecule has 2 bridgehead atoms. The van der Waals surface area contributed by atoms with Crippen molar-refractivity contribution in [3.8, 4) is 0 Å². The number of benzene rings is 1. The molecule has 3 rings (SSSR count). The molecule has 0 saturated carbocycles. The molecule has 2 saturated heterocycles. The number of hydrogen-bond acceptors (Lipinski definition) is 3. The Hall–Kier alpha value is -1.46. The maximum Gasteiger partial charge on any atom is 0.248 e. The Balaban J connectivity index is 1.62. The van der Waals surface area contributed by atoms with Crippen molar-refractivity contribution < 1.29 is 13.9 Å². The minimum atomic E-state index is -0.611. The molecule has 0 radical (unpaired) electrons. The van der Waals surface area contributed by atoms with Gasteiger partial charge in [-0.3, -0.25) is 4.79 Å². The quantitative estimate of drug-likeness (QED) is 0.862. The Morgan fingerprint density at radius 2 is 2.32 bits per heavy atom. The van der Waals surface area contributed by atoms with Gasteiger partial charge in [-0.05, 0) is 31.4 Å². The molecule has 19 heavy (non-hydrogen) atoms. The van der Waals surface area contributed by atoms with Gasteiger partial charge >= 0.3 is 0 Å². The van der Waals surface area contributed by atoms with E-state index in [1.165, 1.54) is 6.07 Å². The molecular weight excluding hydrogens is 247 g/mol. The highest BCUT2D eigenvalue weighted by atomic mass is 19.1. The Morgan fingerprint density at radius 1 is 1.47 bits per heavy atom. The molecule has 5 heteroatoms. The number of ether oxygens (including phenoxy) is 1. The number of nitrogens with two attached hydrogens (primary N) is 1. The highest BCUT2D eigenvalue weighted by Crippen LogP contribution is 2.34. The van der Waals surface area contributed by atoms with Gasteiger partial charge in [0.15, 0.2) is 0 Å². The summed E-state index contributed by atoms with van der Waals surface area (Å²) in [6.07, 6.45) is 3.89. The highest BCUT2D eigenvalue weighted by molar-refractivity contribution is 5.92. The zero-order chi connectivity index (χ0) is 13.4. The van der Waals surface area contributed by atoms with Crippen LogP contribution in [0.15, 0.2) is 18.2 Å². The first-order valence-corrected chi connectivity index (χ1v) is 6.60. The number of primary amides is 1. The van der Waals surface area contributed by atoms with Gasteiger partial charge in [0.2, 0.25) is 5.91 Å². The third-order valence-corrected chi connectivity index (χ3v) is 4.00. The number of nitrogens with one attached hydrogen (secondary N) is 1. The molecule has 2 heterocycles. The number of halogens is 1. The van der Waals surface area contributed by atoms with Crippen molar-refractivity contribution in [2.75, 3.05) is 0 Å². The van der Waals surface area contributed by atoms with Crippen molar-refractivity contribution in [3.63, 3.8) is 0 Å². The molecule has 3 N–H and O–H groups in total. The molecule has 3 unspecified atom stereocenters. The summed E-state index contributed by atoms with van der Waals surface area (Å²) in [6.45, 7) is 0.447. The first-order chi connectivity index (χ1) is 9.13. The van der Waals surface area contributed by atoms with E-state index in [9.17, 15) is 9.18 Å². The van der Waals surface area contributed by atoms with E-state index >= 15 is 0 Å². The lowest BCUT2D eigenvalue weighted by Crippen LogP contribution is -2.37. The fraction of sp³-hybridized carbons (Fsp3) is 0.500. The number of carbonyl (C=O) groups excluding carboxylic acids is 1. The minimum Gasteiger partial charge on any atom is -0.373 e. The van der Waals surface area contributed by atoms with E-state index in [2.05, 4.69) is 5.32 Å². The molecule has 2 fully saturated rings. The second kappa shape index (κ2) is 4.90. The fourth-order valence-electron chi connectivity index (χ4n) is 2.94. The Bertz CT molecular complexity index is 506. The van der Waals surface area contributed by atoms with Crippen molar-refractivity contribution in [2.24, 2.45) is 5.73 Å². The van der Waals surface area contributed by atoms with E-state index in [1.807, 2.05) is 0 Å². The molecule has 0 aliphatic carbocycles. The zero-order valence-electron chi connectivity index (χ0n) is 10.6. The zero-order valence-corrected chi connectivity index (χ0v) is 10.6. The normalized spacial score (nSPS) is 28.8. The first kappa shape index (κ1) is 12.6. The molecule has 2 aliphatic heterocycles. The largest absolute Gasteiger partial charge is 0.373 e. The van der Waals surface area contributed by atoms with E-state index in [0.29, 0.717) is 24.3 Å². The molecule has 1 amide bonds. The first-order valence-electron chi connectivity index (χ1n) is 6.60. The maximum atomic E-state index is 13.8. The second-order valence-corrected chi connectivity index (χ2v) is 5.27. The molecule has 0 aromatic heterocycles. The Labute approximate surface area is 111 Å². The van der Waals surface area contributed by atoms with Crippen molar-refractivity contribution >= 4 is 5.91 Å². The smallest absolute Gasteiger partial charge is 0.248 e. The summed E-state index contributed by atoms with van der Waals surface area (Å²) < 4.78 is 19.5. The van der Waals surface area contributed by atoms with Crippen LogP contribution in [0.3, 0.4) is 0 Å². The van der Waals surface area contributed by atoms with Gasteiger partial charge in [0.25, 0.3) is 0 Å². The summed E-state index contributed by atoms with van der Waals surface area (Å²) in [5.41, 5.74) is 5.86. The molecule has 0 spiro atoms. The van der Waals surface area contributed by atoms with Crippen LogP contribution in [0.4, 0.5) is 4.39 Å². The molecule has 2 aliphatic rings. The van der Waals surface area contributed by atoms with Crippen LogP contribution < -0.4 is 11.1 Å². The van der Waals surface area contributed by atoms with Gasteiger partial charge < -0.3 is 15.8 Å². The van der Waals surface area contributed by atoms with Gasteiger partial charge in [-0.15, -0.1) is 0 Å². The van der Waals surface area contributed by atoms with Crippen LogP contribution in [0.1, 0.15) is 35.2 Å². The average Bonchev–Trinajstić information content (AvgIpc) is 2.99. The summed E-state index contributed by atoms with van der Waals surface area (Å²) in [4.78, 5) is 10.9. The van der Waals surface area contributed by atoms with Gasteiger partial charge in [0, 0.05) is 23.7 Å². The van der Waals surface area contributed by atoms with Crippen LogP contribution in [0.25, 0.3) is 0 Å². The molecule has 3 atom stereocenters. The van der Waals surface area contributed by atoms with Crippen molar-refractivity contribution in [3.05, 3.63) is 35.1 Å². The monoisotopic (exact) mass is 264 g/mol. The highest BCUT2D eigenvalue weighted by Gasteiger charge is 2.40. The SMILES string of the molecule is NC(=O)c1ccc(CNC2CC3CCC2O3)c(F)c1. The summed E-state index contributed by atoms with van der Waals surface area (Å²) in [5, 5.41) is 3.34. The van der Waals surface area contributed by atoms with E-state index in [-0.39, 0.29) is 11.7 Å². The fourth-order valence-corrected chi connectivity index (χ4v) is 2.94. The summed E-state index contributed by atoms with van der Waals surface area (Å²) in [7, 11) is 0.